The maximum Gasteiger partial charge on any atom is 0.309 e. The van der Waals surface area contributed by atoms with Crippen molar-refractivity contribution < 1.29 is 14.6 Å². The van der Waals surface area contributed by atoms with Gasteiger partial charge in [0.1, 0.15) is 0 Å². The van der Waals surface area contributed by atoms with Gasteiger partial charge in [-0.2, -0.15) is 0 Å². The van der Waals surface area contributed by atoms with E-state index in [4.69, 9.17) is 9.84 Å². The molecule has 18 heavy (non-hydrogen) atoms. The molecule has 0 saturated carbocycles. The van der Waals surface area contributed by atoms with Crippen LogP contribution in [0.4, 0.5) is 5.13 Å². The number of hydrogen-bond acceptors (Lipinski definition) is 5. The van der Waals surface area contributed by atoms with E-state index in [2.05, 4.69) is 16.8 Å². The number of ether oxygens (including phenoxy) is 1. The van der Waals surface area contributed by atoms with Crippen LogP contribution < -0.4 is 4.90 Å². The molecule has 6 heteroatoms. The highest BCUT2D eigenvalue weighted by atomic mass is 32.1. The average molecular weight is 270 g/mol. The largest absolute Gasteiger partial charge is 0.481 e. The second-order valence-corrected chi connectivity index (χ2v) is 5.20. The van der Waals surface area contributed by atoms with E-state index in [1.165, 1.54) is 11.3 Å². The Hall–Kier alpha value is -1.14. The van der Waals surface area contributed by atoms with Gasteiger partial charge in [-0.05, 0) is 19.8 Å². The lowest BCUT2D eigenvalue weighted by molar-refractivity contribution is -0.136. The molecule has 0 bridgehead atoms. The van der Waals surface area contributed by atoms with Crippen molar-refractivity contribution in [3.8, 4) is 0 Å². The van der Waals surface area contributed by atoms with Crippen LogP contribution in [0.3, 0.4) is 0 Å². The Balaban J connectivity index is 1.97. The summed E-state index contributed by atoms with van der Waals surface area (Å²) in [5.41, 5.74) is 0.633. The Morgan fingerprint density at radius 3 is 3.17 bits per heavy atom. The summed E-state index contributed by atoms with van der Waals surface area (Å²) < 4.78 is 5.62. The average Bonchev–Trinajstić information content (AvgIpc) is 2.96. The van der Waals surface area contributed by atoms with E-state index < -0.39 is 5.97 Å². The summed E-state index contributed by atoms with van der Waals surface area (Å²) >= 11 is 1.50. The van der Waals surface area contributed by atoms with E-state index in [1.54, 1.807) is 0 Å². The molecule has 1 aliphatic heterocycles. The summed E-state index contributed by atoms with van der Waals surface area (Å²) in [4.78, 5) is 17.2. The topological polar surface area (TPSA) is 62.7 Å². The van der Waals surface area contributed by atoms with Crippen molar-refractivity contribution in [3.05, 3.63) is 11.1 Å². The third kappa shape index (κ3) is 3.43. The third-order valence-corrected chi connectivity index (χ3v) is 3.92. The lowest BCUT2D eigenvalue weighted by Gasteiger charge is -2.23. The van der Waals surface area contributed by atoms with Gasteiger partial charge in [0.05, 0.1) is 18.2 Å². The van der Waals surface area contributed by atoms with Crippen LogP contribution in [0.15, 0.2) is 5.38 Å². The predicted octanol–water partition coefficient (Wildman–Crippen LogP) is 1.78. The van der Waals surface area contributed by atoms with E-state index in [-0.39, 0.29) is 12.5 Å². The molecule has 2 heterocycles. The van der Waals surface area contributed by atoms with Crippen molar-refractivity contribution in [2.75, 3.05) is 24.6 Å². The number of nitrogens with zero attached hydrogens (tertiary/aromatic N) is 2. The monoisotopic (exact) mass is 270 g/mol. The quantitative estimate of drug-likeness (QED) is 0.853. The van der Waals surface area contributed by atoms with Crippen LogP contribution in [0, 0.1) is 0 Å². The molecule has 5 nitrogen and oxygen atoms in total. The van der Waals surface area contributed by atoms with Crippen molar-refractivity contribution >= 4 is 22.4 Å². The number of carbonyl (C=O) groups is 1. The predicted molar refractivity (Wildman–Crippen MR) is 70.3 cm³/mol. The van der Waals surface area contributed by atoms with Gasteiger partial charge >= 0.3 is 5.97 Å². The lowest BCUT2D eigenvalue weighted by Crippen LogP contribution is -2.31. The van der Waals surface area contributed by atoms with E-state index in [0.29, 0.717) is 5.69 Å². The van der Waals surface area contributed by atoms with Gasteiger partial charge in [-0.3, -0.25) is 4.79 Å². The number of aliphatic carboxylic acids is 1. The molecule has 0 spiro atoms. The number of aromatic nitrogens is 1. The first-order valence-electron chi connectivity index (χ1n) is 6.21. The molecule has 1 fully saturated rings. The van der Waals surface area contributed by atoms with Crippen LogP contribution in [0.25, 0.3) is 0 Å². The van der Waals surface area contributed by atoms with Gasteiger partial charge in [0.15, 0.2) is 5.13 Å². The normalized spacial score (nSPS) is 19.1. The molecule has 1 saturated heterocycles. The van der Waals surface area contributed by atoms with Crippen LogP contribution >= 0.6 is 11.3 Å². The van der Waals surface area contributed by atoms with Gasteiger partial charge < -0.3 is 14.7 Å². The Morgan fingerprint density at radius 1 is 1.72 bits per heavy atom. The fourth-order valence-corrected chi connectivity index (χ4v) is 2.95. The molecular formula is C12H18N2O3S. The van der Waals surface area contributed by atoms with E-state index in [1.807, 2.05) is 5.38 Å². The zero-order valence-electron chi connectivity index (χ0n) is 10.5. The summed E-state index contributed by atoms with van der Waals surface area (Å²) in [6.45, 7) is 4.63. The van der Waals surface area contributed by atoms with Crippen LogP contribution in [0.5, 0.6) is 0 Å². The minimum absolute atomic E-state index is 0.00597. The van der Waals surface area contributed by atoms with Gasteiger partial charge in [0.25, 0.3) is 0 Å². The second-order valence-electron chi connectivity index (χ2n) is 4.37. The minimum atomic E-state index is -0.839. The van der Waals surface area contributed by atoms with E-state index >= 15 is 0 Å². The molecule has 0 amide bonds. The zero-order valence-corrected chi connectivity index (χ0v) is 11.3. The van der Waals surface area contributed by atoms with Gasteiger partial charge in [0, 0.05) is 25.1 Å². The fourth-order valence-electron chi connectivity index (χ4n) is 2.05. The van der Waals surface area contributed by atoms with Crippen LogP contribution in [0.1, 0.15) is 25.5 Å². The Bertz CT molecular complexity index is 402. The number of hydrogen-bond donors (Lipinski definition) is 1. The highest BCUT2D eigenvalue weighted by Crippen LogP contribution is 2.23. The maximum absolute atomic E-state index is 10.6. The smallest absolute Gasteiger partial charge is 0.309 e. The number of anilines is 1. The molecule has 1 atom stereocenters. The highest BCUT2D eigenvalue weighted by Gasteiger charge is 2.20. The lowest BCUT2D eigenvalue weighted by atomic mass is 10.2. The summed E-state index contributed by atoms with van der Waals surface area (Å²) in [6.07, 6.45) is 2.51. The molecule has 0 aliphatic carbocycles. The molecule has 100 valence electrons. The summed E-state index contributed by atoms with van der Waals surface area (Å²) in [6, 6.07) is 0. The fraction of sp³-hybridized carbons (Fsp3) is 0.667. The van der Waals surface area contributed by atoms with Crippen molar-refractivity contribution in [2.24, 2.45) is 0 Å². The number of likely N-dealkylation sites (N-methyl/N-ethyl adjacent to an activating group) is 1. The van der Waals surface area contributed by atoms with Crippen LogP contribution in [0.2, 0.25) is 0 Å². The molecule has 1 N–H and O–H groups in total. The summed E-state index contributed by atoms with van der Waals surface area (Å²) in [5, 5.41) is 11.4. The maximum atomic E-state index is 10.6. The molecule has 1 unspecified atom stereocenters. The summed E-state index contributed by atoms with van der Waals surface area (Å²) in [5.74, 6) is -0.839. The number of carboxylic acid groups (broad SMARTS) is 1. The molecule has 1 aliphatic rings. The van der Waals surface area contributed by atoms with Gasteiger partial charge in [-0.1, -0.05) is 0 Å². The molecule has 1 aromatic rings. The van der Waals surface area contributed by atoms with Crippen molar-refractivity contribution in [3.63, 3.8) is 0 Å². The standard InChI is InChI=1S/C12H18N2O3S/c1-2-14(7-10-4-3-5-17-10)12-13-9(8-18-12)6-11(15)16/h8,10H,2-7H2,1H3,(H,15,16). The van der Waals surface area contributed by atoms with Crippen LogP contribution in [-0.2, 0) is 16.0 Å². The molecule has 0 radical (unpaired) electrons. The summed E-state index contributed by atoms with van der Waals surface area (Å²) in [7, 11) is 0. The van der Waals surface area contributed by atoms with Crippen molar-refractivity contribution in [1.29, 1.82) is 0 Å². The first-order chi connectivity index (χ1) is 8.69. The molecule has 2 rings (SSSR count). The second kappa shape index (κ2) is 6.15. The zero-order chi connectivity index (χ0) is 13.0. The number of carboxylic acids is 1. The molecular weight excluding hydrogens is 252 g/mol. The first kappa shape index (κ1) is 13.3. The van der Waals surface area contributed by atoms with Crippen LogP contribution in [-0.4, -0.2) is 41.9 Å². The number of thiazole rings is 1. The highest BCUT2D eigenvalue weighted by molar-refractivity contribution is 7.13. The van der Waals surface area contributed by atoms with Gasteiger partial charge in [-0.15, -0.1) is 11.3 Å². The van der Waals surface area contributed by atoms with Gasteiger partial charge in [0.2, 0.25) is 0 Å². The Morgan fingerprint density at radius 2 is 2.56 bits per heavy atom. The van der Waals surface area contributed by atoms with Gasteiger partial charge in [-0.25, -0.2) is 4.98 Å². The van der Waals surface area contributed by atoms with Crippen molar-refractivity contribution in [2.45, 2.75) is 32.3 Å². The SMILES string of the molecule is CCN(CC1CCCO1)c1nc(CC(=O)O)cs1. The van der Waals surface area contributed by atoms with E-state index in [0.717, 1.165) is 37.7 Å². The van der Waals surface area contributed by atoms with Crippen molar-refractivity contribution in [1.82, 2.24) is 4.98 Å². The number of rotatable bonds is 6. The van der Waals surface area contributed by atoms with E-state index in [9.17, 15) is 4.79 Å². The Labute approximate surface area is 110 Å². The first-order valence-corrected chi connectivity index (χ1v) is 7.09. The third-order valence-electron chi connectivity index (χ3n) is 2.97. The molecule has 0 aromatic carbocycles. The Kier molecular flexibility index (Phi) is 4.54. The molecule has 1 aromatic heterocycles. The minimum Gasteiger partial charge on any atom is -0.481 e.